The molecule has 0 amide bonds. The van der Waals surface area contributed by atoms with Crippen molar-refractivity contribution in [2.45, 2.75) is 51.7 Å². The van der Waals surface area contributed by atoms with Crippen molar-refractivity contribution in [3.8, 4) is 0 Å². The Kier molecular flexibility index (Phi) is 5.07. The van der Waals surface area contributed by atoms with Gasteiger partial charge in [-0.3, -0.25) is 0 Å². The molecule has 3 heteroatoms. The van der Waals surface area contributed by atoms with Crippen LogP contribution >= 0.6 is 15.9 Å². The number of benzene rings is 1. The molecule has 0 saturated heterocycles. The Bertz CT molecular complexity index is 374. The van der Waals surface area contributed by atoms with Crippen LogP contribution in [0.25, 0.3) is 0 Å². The van der Waals surface area contributed by atoms with Gasteiger partial charge >= 0.3 is 0 Å². The van der Waals surface area contributed by atoms with Crippen molar-refractivity contribution in [1.29, 1.82) is 0 Å². The fourth-order valence-electron chi connectivity index (χ4n) is 2.74. The first kappa shape index (κ1) is 13.9. The van der Waals surface area contributed by atoms with E-state index in [1.807, 2.05) is 12.1 Å². The normalized spacial score (nSPS) is 24.1. The second-order valence-electron chi connectivity index (χ2n) is 5.27. The Morgan fingerprint density at radius 2 is 2.17 bits per heavy atom. The third-order valence-electron chi connectivity index (χ3n) is 3.78. The first-order valence-corrected chi connectivity index (χ1v) is 7.63. The number of hydrogen-bond acceptors (Lipinski definition) is 2. The quantitative estimate of drug-likeness (QED) is 0.830. The Morgan fingerprint density at radius 3 is 2.89 bits per heavy atom. The highest BCUT2D eigenvalue weighted by Gasteiger charge is 2.21. The Balaban J connectivity index is 1.87. The van der Waals surface area contributed by atoms with E-state index in [2.05, 4.69) is 28.9 Å². The average molecular weight is 312 g/mol. The molecule has 2 rings (SSSR count). The molecule has 0 spiro atoms. The lowest BCUT2D eigenvalue weighted by atomic mass is 9.85. The van der Waals surface area contributed by atoms with Crippen molar-refractivity contribution >= 4 is 21.6 Å². The minimum absolute atomic E-state index is 0.434. The fraction of sp³-hybridized carbons (Fsp3) is 0.600. The molecule has 2 nitrogen and oxygen atoms in total. The lowest BCUT2D eigenvalue weighted by molar-refractivity contribution is 0.00177. The molecule has 0 heterocycles. The maximum Gasteiger partial charge on any atom is 0.0721 e. The number of nitrogens with two attached hydrogens (primary N) is 1. The summed E-state index contributed by atoms with van der Waals surface area (Å²) in [6, 6.07) is 5.98. The summed E-state index contributed by atoms with van der Waals surface area (Å²) in [5.41, 5.74) is 7.77. The molecule has 2 atom stereocenters. The van der Waals surface area contributed by atoms with Crippen LogP contribution in [0.1, 0.15) is 44.6 Å². The van der Waals surface area contributed by atoms with Crippen molar-refractivity contribution in [3.05, 3.63) is 28.2 Å². The van der Waals surface area contributed by atoms with Gasteiger partial charge in [0.05, 0.1) is 12.7 Å². The van der Waals surface area contributed by atoms with Gasteiger partial charge in [-0.15, -0.1) is 0 Å². The van der Waals surface area contributed by atoms with Gasteiger partial charge in [0.15, 0.2) is 0 Å². The molecule has 0 aromatic heterocycles. The standard InChI is InChI=1S/C15H22BrNO/c1-2-11-4-3-5-15(8-11)18-10-12-6-13(16)9-14(17)7-12/h6-7,9,11,15H,2-5,8,10,17H2,1H3. The molecule has 0 aliphatic heterocycles. The van der Waals surface area contributed by atoms with Crippen LogP contribution in [0.15, 0.2) is 22.7 Å². The summed E-state index contributed by atoms with van der Waals surface area (Å²) < 4.78 is 7.06. The molecular weight excluding hydrogens is 290 g/mol. The van der Waals surface area contributed by atoms with Crippen LogP contribution < -0.4 is 5.73 Å². The second kappa shape index (κ2) is 6.58. The highest BCUT2D eigenvalue weighted by molar-refractivity contribution is 9.10. The van der Waals surface area contributed by atoms with Crippen LogP contribution in [0.4, 0.5) is 5.69 Å². The zero-order chi connectivity index (χ0) is 13.0. The molecule has 1 aromatic rings. The minimum Gasteiger partial charge on any atom is -0.399 e. The zero-order valence-electron chi connectivity index (χ0n) is 11.0. The SMILES string of the molecule is CCC1CCCC(OCc2cc(N)cc(Br)c2)C1. The molecule has 1 fully saturated rings. The van der Waals surface area contributed by atoms with Gasteiger partial charge in [-0.2, -0.15) is 0 Å². The van der Waals surface area contributed by atoms with E-state index in [-0.39, 0.29) is 0 Å². The van der Waals surface area contributed by atoms with Gasteiger partial charge in [-0.1, -0.05) is 42.1 Å². The van der Waals surface area contributed by atoms with Gasteiger partial charge in [0.25, 0.3) is 0 Å². The van der Waals surface area contributed by atoms with E-state index in [0.29, 0.717) is 12.7 Å². The third kappa shape index (κ3) is 3.99. The molecule has 1 aliphatic rings. The van der Waals surface area contributed by atoms with E-state index in [9.17, 15) is 0 Å². The van der Waals surface area contributed by atoms with E-state index in [1.165, 1.54) is 32.1 Å². The molecule has 2 unspecified atom stereocenters. The topological polar surface area (TPSA) is 35.2 Å². The molecule has 1 aromatic carbocycles. The largest absolute Gasteiger partial charge is 0.399 e. The van der Waals surface area contributed by atoms with E-state index in [4.69, 9.17) is 10.5 Å². The van der Waals surface area contributed by atoms with Crippen LogP contribution in [0.2, 0.25) is 0 Å². The number of halogens is 1. The number of ether oxygens (including phenoxy) is 1. The van der Waals surface area contributed by atoms with Gasteiger partial charge in [0.1, 0.15) is 0 Å². The van der Waals surface area contributed by atoms with E-state index in [1.54, 1.807) is 0 Å². The molecule has 0 radical (unpaired) electrons. The molecular formula is C15H22BrNO. The summed E-state index contributed by atoms with van der Waals surface area (Å²) in [5, 5.41) is 0. The van der Waals surface area contributed by atoms with Gasteiger partial charge < -0.3 is 10.5 Å². The predicted molar refractivity (Wildman–Crippen MR) is 79.4 cm³/mol. The van der Waals surface area contributed by atoms with Crippen molar-refractivity contribution in [1.82, 2.24) is 0 Å². The van der Waals surface area contributed by atoms with E-state index >= 15 is 0 Å². The smallest absolute Gasteiger partial charge is 0.0721 e. The first-order valence-electron chi connectivity index (χ1n) is 6.84. The van der Waals surface area contributed by atoms with Crippen LogP contribution in [0.3, 0.4) is 0 Å². The number of hydrogen-bond donors (Lipinski definition) is 1. The van der Waals surface area contributed by atoms with Crippen LogP contribution in [-0.2, 0) is 11.3 Å². The summed E-state index contributed by atoms with van der Waals surface area (Å²) in [6.45, 7) is 2.95. The summed E-state index contributed by atoms with van der Waals surface area (Å²) in [7, 11) is 0. The Hall–Kier alpha value is -0.540. The van der Waals surface area contributed by atoms with Gasteiger partial charge in [0, 0.05) is 10.2 Å². The summed E-state index contributed by atoms with van der Waals surface area (Å²) in [5.74, 6) is 0.858. The lowest BCUT2D eigenvalue weighted by Crippen LogP contribution is -2.22. The van der Waals surface area contributed by atoms with Crippen LogP contribution in [0, 0.1) is 5.92 Å². The van der Waals surface area contributed by atoms with Crippen molar-refractivity contribution in [2.24, 2.45) is 5.92 Å². The van der Waals surface area contributed by atoms with E-state index in [0.717, 1.165) is 21.6 Å². The van der Waals surface area contributed by atoms with Crippen LogP contribution in [-0.4, -0.2) is 6.10 Å². The van der Waals surface area contributed by atoms with Crippen molar-refractivity contribution in [3.63, 3.8) is 0 Å². The molecule has 1 saturated carbocycles. The molecule has 18 heavy (non-hydrogen) atoms. The third-order valence-corrected chi connectivity index (χ3v) is 4.24. The highest BCUT2D eigenvalue weighted by atomic mass is 79.9. The van der Waals surface area contributed by atoms with Crippen LogP contribution in [0.5, 0.6) is 0 Å². The number of rotatable bonds is 4. The van der Waals surface area contributed by atoms with E-state index < -0.39 is 0 Å². The van der Waals surface area contributed by atoms with Gasteiger partial charge in [-0.25, -0.2) is 0 Å². The molecule has 2 N–H and O–H groups in total. The summed E-state index contributed by atoms with van der Waals surface area (Å²) in [6.07, 6.45) is 6.83. The maximum atomic E-state index is 6.03. The average Bonchev–Trinajstić information content (AvgIpc) is 2.35. The summed E-state index contributed by atoms with van der Waals surface area (Å²) in [4.78, 5) is 0. The van der Waals surface area contributed by atoms with Gasteiger partial charge in [-0.05, 0) is 42.5 Å². The van der Waals surface area contributed by atoms with Gasteiger partial charge in [0.2, 0.25) is 0 Å². The zero-order valence-corrected chi connectivity index (χ0v) is 12.6. The fourth-order valence-corrected chi connectivity index (χ4v) is 3.30. The van der Waals surface area contributed by atoms with Crippen molar-refractivity contribution in [2.75, 3.05) is 5.73 Å². The molecule has 1 aliphatic carbocycles. The first-order chi connectivity index (χ1) is 8.67. The Labute approximate surface area is 118 Å². The molecule has 100 valence electrons. The monoisotopic (exact) mass is 311 g/mol. The Morgan fingerprint density at radius 1 is 1.33 bits per heavy atom. The highest BCUT2D eigenvalue weighted by Crippen LogP contribution is 2.29. The summed E-state index contributed by atoms with van der Waals surface area (Å²) >= 11 is 3.46. The number of anilines is 1. The maximum absolute atomic E-state index is 6.03. The minimum atomic E-state index is 0.434. The number of nitrogen functional groups attached to an aromatic ring is 1. The lowest BCUT2D eigenvalue weighted by Gasteiger charge is -2.28. The second-order valence-corrected chi connectivity index (χ2v) is 6.18. The predicted octanol–water partition coefficient (Wildman–Crippen LogP) is 4.52. The van der Waals surface area contributed by atoms with Crippen molar-refractivity contribution < 1.29 is 4.74 Å². The molecule has 0 bridgehead atoms.